The molecule has 1 unspecified atom stereocenters. The second kappa shape index (κ2) is 5.43. The highest BCUT2D eigenvalue weighted by molar-refractivity contribution is 7.89. The van der Waals surface area contributed by atoms with Crippen LogP contribution >= 0.6 is 0 Å². The number of nitrogens with two attached hydrogens (primary N) is 1. The molecule has 20 heavy (non-hydrogen) atoms. The van der Waals surface area contributed by atoms with Crippen LogP contribution in [0.1, 0.15) is 11.6 Å². The zero-order valence-corrected chi connectivity index (χ0v) is 11.6. The average molecular weight is 293 g/mol. The van der Waals surface area contributed by atoms with Crippen molar-refractivity contribution in [2.75, 3.05) is 0 Å². The molecule has 0 spiro atoms. The highest BCUT2D eigenvalue weighted by atomic mass is 32.2. The highest BCUT2D eigenvalue weighted by Crippen LogP contribution is 2.16. The number of hydrogen-bond donors (Lipinski definition) is 3. The lowest BCUT2D eigenvalue weighted by atomic mass is 10.1. The lowest BCUT2D eigenvalue weighted by Crippen LogP contribution is -2.37. The third-order valence-corrected chi connectivity index (χ3v) is 4.09. The zero-order valence-electron chi connectivity index (χ0n) is 10.8. The maximum absolute atomic E-state index is 12.2. The summed E-state index contributed by atoms with van der Waals surface area (Å²) in [6, 6.07) is 7.82. The minimum absolute atomic E-state index is 0.0298. The molecular weight excluding hydrogens is 278 g/mol. The third kappa shape index (κ3) is 3.03. The Kier molecular flexibility index (Phi) is 3.86. The highest BCUT2D eigenvalue weighted by Gasteiger charge is 2.24. The van der Waals surface area contributed by atoms with E-state index in [1.54, 1.807) is 37.4 Å². The number of amidine groups is 1. The van der Waals surface area contributed by atoms with Crippen molar-refractivity contribution in [1.82, 2.24) is 14.5 Å². The Morgan fingerprint density at radius 1 is 1.40 bits per heavy atom. The van der Waals surface area contributed by atoms with E-state index in [9.17, 15) is 8.42 Å². The number of rotatable bonds is 5. The van der Waals surface area contributed by atoms with Gasteiger partial charge in [0.2, 0.25) is 10.0 Å². The van der Waals surface area contributed by atoms with Crippen LogP contribution in [0.15, 0.2) is 47.6 Å². The monoisotopic (exact) mass is 293 g/mol. The van der Waals surface area contributed by atoms with Crippen molar-refractivity contribution < 1.29 is 8.42 Å². The van der Waals surface area contributed by atoms with E-state index in [1.807, 2.05) is 0 Å². The van der Waals surface area contributed by atoms with Crippen molar-refractivity contribution in [2.45, 2.75) is 10.9 Å². The van der Waals surface area contributed by atoms with Gasteiger partial charge in [-0.1, -0.05) is 30.3 Å². The summed E-state index contributed by atoms with van der Waals surface area (Å²) in [7, 11) is -2.16. The van der Waals surface area contributed by atoms with Crippen LogP contribution in [0.5, 0.6) is 0 Å². The van der Waals surface area contributed by atoms with Crippen molar-refractivity contribution >= 4 is 15.9 Å². The van der Waals surface area contributed by atoms with Crippen molar-refractivity contribution in [3.8, 4) is 0 Å². The molecular formula is C12H15N5O2S. The summed E-state index contributed by atoms with van der Waals surface area (Å²) in [4.78, 5) is 0.0298. The number of aromatic nitrogens is 2. The van der Waals surface area contributed by atoms with Crippen LogP contribution in [0, 0.1) is 5.41 Å². The molecule has 7 nitrogen and oxygen atoms in total. The summed E-state index contributed by atoms with van der Waals surface area (Å²) >= 11 is 0. The van der Waals surface area contributed by atoms with Gasteiger partial charge in [0.1, 0.15) is 16.8 Å². The molecule has 0 radical (unpaired) electrons. The first-order valence-corrected chi connectivity index (χ1v) is 7.28. The Hall–Kier alpha value is -2.19. The van der Waals surface area contributed by atoms with Crippen LogP contribution in [0.3, 0.4) is 0 Å². The van der Waals surface area contributed by atoms with Crippen LogP contribution in [0.2, 0.25) is 0 Å². The van der Waals surface area contributed by atoms with Gasteiger partial charge >= 0.3 is 0 Å². The maximum Gasteiger partial charge on any atom is 0.244 e. The molecule has 1 aromatic heterocycles. The molecule has 0 aliphatic heterocycles. The van der Waals surface area contributed by atoms with E-state index in [1.165, 1.54) is 17.1 Å². The number of nitrogens with zero attached hydrogens (tertiary/aromatic N) is 2. The summed E-state index contributed by atoms with van der Waals surface area (Å²) in [6.07, 6.45) is 2.62. The molecule has 0 amide bonds. The van der Waals surface area contributed by atoms with Crippen LogP contribution < -0.4 is 10.5 Å². The van der Waals surface area contributed by atoms with Gasteiger partial charge in [-0.25, -0.2) is 8.42 Å². The number of benzene rings is 1. The van der Waals surface area contributed by atoms with Crippen LogP contribution in [-0.4, -0.2) is 24.0 Å². The summed E-state index contributed by atoms with van der Waals surface area (Å²) in [5.74, 6) is -0.274. The SMILES string of the molecule is Cn1cc(S(=O)(=O)NC(C(=N)N)c2ccccc2)cn1. The molecule has 106 valence electrons. The molecule has 0 bridgehead atoms. The van der Waals surface area contributed by atoms with Crippen molar-refractivity contribution in [1.29, 1.82) is 5.41 Å². The van der Waals surface area contributed by atoms with Crippen LogP contribution in [0.4, 0.5) is 0 Å². The second-order valence-electron chi connectivity index (χ2n) is 4.27. The molecule has 0 aliphatic carbocycles. The Balaban J connectivity index is 2.32. The molecule has 0 fully saturated rings. The van der Waals surface area contributed by atoms with Gasteiger partial charge in [-0.15, -0.1) is 0 Å². The number of hydrogen-bond acceptors (Lipinski definition) is 4. The molecule has 1 atom stereocenters. The first kappa shape index (κ1) is 14.2. The maximum atomic E-state index is 12.2. The molecule has 0 aliphatic rings. The third-order valence-electron chi connectivity index (χ3n) is 2.71. The molecule has 2 aromatic rings. The van der Waals surface area contributed by atoms with E-state index in [0.717, 1.165) is 0 Å². The van der Waals surface area contributed by atoms with E-state index < -0.39 is 16.1 Å². The summed E-state index contributed by atoms with van der Waals surface area (Å²) < 4.78 is 28.2. The Labute approximate surface area is 117 Å². The molecule has 2 rings (SSSR count). The minimum atomic E-state index is -3.79. The second-order valence-corrected chi connectivity index (χ2v) is 5.98. The van der Waals surface area contributed by atoms with E-state index in [2.05, 4.69) is 9.82 Å². The van der Waals surface area contributed by atoms with E-state index in [-0.39, 0.29) is 10.7 Å². The first-order chi connectivity index (χ1) is 9.40. The summed E-state index contributed by atoms with van der Waals surface area (Å²) in [5.41, 5.74) is 6.10. The fourth-order valence-electron chi connectivity index (χ4n) is 1.72. The van der Waals surface area contributed by atoms with Gasteiger partial charge in [0, 0.05) is 13.2 Å². The average Bonchev–Trinajstić information content (AvgIpc) is 2.84. The standard InChI is InChI=1S/C12H15N5O2S/c1-17-8-10(7-15-17)20(18,19)16-11(12(13)14)9-5-3-2-4-6-9/h2-8,11,16H,1H3,(H3,13,14). The summed E-state index contributed by atoms with van der Waals surface area (Å²) in [6.45, 7) is 0. The topological polar surface area (TPSA) is 114 Å². The van der Waals surface area contributed by atoms with Crippen LogP contribution in [0.25, 0.3) is 0 Å². The predicted molar refractivity (Wildman–Crippen MR) is 74.6 cm³/mol. The Bertz CT molecular complexity index is 708. The number of nitrogens with one attached hydrogen (secondary N) is 2. The van der Waals surface area contributed by atoms with E-state index in [0.29, 0.717) is 5.56 Å². The van der Waals surface area contributed by atoms with Crippen molar-refractivity contribution in [3.63, 3.8) is 0 Å². The molecule has 8 heteroatoms. The van der Waals surface area contributed by atoms with Crippen molar-refractivity contribution in [3.05, 3.63) is 48.3 Å². The molecule has 0 saturated heterocycles. The Morgan fingerprint density at radius 3 is 2.55 bits per heavy atom. The summed E-state index contributed by atoms with van der Waals surface area (Å²) in [5, 5.41) is 11.4. The lowest BCUT2D eigenvalue weighted by Gasteiger charge is -2.17. The Morgan fingerprint density at radius 2 is 2.05 bits per heavy atom. The first-order valence-electron chi connectivity index (χ1n) is 5.80. The molecule has 0 saturated carbocycles. The van der Waals surface area contributed by atoms with Gasteiger partial charge in [-0.05, 0) is 5.56 Å². The fourth-order valence-corrected chi connectivity index (χ4v) is 2.90. The lowest BCUT2D eigenvalue weighted by molar-refractivity contribution is 0.576. The quantitative estimate of drug-likeness (QED) is 0.546. The molecule has 1 heterocycles. The van der Waals surface area contributed by atoms with Gasteiger partial charge in [0.25, 0.3) is 0 Å². The zero-order chi connectivity index (χ0) is 14.8. The minimum Gasteiger partial charge on any atom is -0.386 e. The smallest absolute Gasteiger partial charge is 0.244 e. The van der Waals surface area contributed by atoms with E-state index >= 15 is 0 Å². The molecule has 1 aromatic carbocycles. The van der Waals surface area contributed by atoms with Gasteiger partial charge in [0.05, 0.1) is 6.20 Å². The van der Waals surface area contributed by atoms with Gasteiger partial charge < -0.3 is 5.73 Å². The fraction of sp³-hybridized carbons (Fsp3) is 0.167. The number of sulfonamides is 1. The van der Waals surface area contributed by atoms with Crippen LogP contribution in [-0.2, 0) is 17.1 Å². The van der Waals surface area contributed by atoms with E-state index in [4.69, 9.17) is 11.1 Å². The van der Waals surface area contributed by atoms with Gasteiger partial charge in [-0.3, -0.25) is 10.1 Å². The van der Waals surface area contributed by atoms with Crippen molar-refractivity contribution in [2.24, 2.45) is 12.8 Å². The predicted octanol–water partition coefficient (Wildman–Crippen LogP) is 0.376. The molecule has 4 N–H and O–H groups in total. The van der Waals surface area contributed by atoms with Gasteiger partial charge in [0.15, 0.2) is 0 Å². The largest absolute Gasteiger partial charge is 0.386 e. The van der Waals surface area contributed by atoms with Gasteiger partial charge in [-0.2, -0.15) is 9.82 Å². The normalized spacial score (nSPS) is 13.1. The number of aryl methyl sites for hydroxylation is 1.